The van der Waals surface area contributed by atoms with Crippen LogP contribution < -0.4 is 5.32 Å². The van der Waals surface area contributed by atoms with E-state index in [2.05, 4.69) is 10.4 Å². The van der Waals surface area contributed by atoms with E-state index in [0.717, 1.165) is 6.07 Å². The third-order valence-electron chi connectivity index (χ3n) is 3.37. The average Bonchev–Trinajstić information content (AvgIpc) is 3.07. The maximum absolute atomic E-state index is 12.1. The van der Waals surface area contributed by atoms with Crippen LogP contribution in [-0.2, 0) is 9.53 Å². The highest BCUT2D eigenvalue weighted by molar-refractivity contribution is 7.98. The molecule has 1 heterocycles. The van der Waals surface area contributed by atoms with Crippen molar-refractivity contribution in [3.05, 3.63) is 46.1 Å². The zero-order valence-corrected chi connectivity index (χ0v) is 15.3. The van der Waals surface area contributed by atoms with Gasteiger partial charge in [-0.1, -0.05) is 0 Å². The minimum atomic E-state index is -0.812. The molecule has 0 radical (unpaired) electrons. The Morgan fingerprint density at radius 1 is 1.38 bits per heavy atom. The summed E-state index contributed by atoms with van der Waals surface area (Å²) >= 11 is 1.20. The van der Waals surface area contributed by atoms with Gasteiger partial charge in [-0.2, -0.15) is 5.10 Å². The number of nitrogens with zero attached hydrogens (tertiary/aromatic N) is 3. The van der Waals surface area contributed by atoms with Crippen LogP contribution in [-0.4, -0.2) is 39.4 Å². The molecular weight excluding hydrogens is 360 g/mol. The fraction of sp³-hybridized carbons (Fsp3) is 0.312. The van der Waals surface area contributed by atoms with Crippen LogP contribution in [0.5, 0.6) is 0 Å². The van der Waals surface area contributed by atoms with Gasteiger partial charge in [0.05, 0.1) is 21.6 Å². The van der Waals surface area contributed by atoms with E-state index in [1.54, 1.807) is 23.2 Å². The lowest BCUT2D eigenvalue weighted by Gasteiger charge is -2.12. The van der Waals surface area contributed by atoms with E-state index in [-0.39, 0.29) is 17.3 Å². The highest BCUT2D eigenvalue weighted by Gasteiger charge is 2.19. The van der Waals surface area contributed by atoms with Crippen LogP contribution in [0.15, 0.2) is 35.4 Å². The summed E-state index contributed by atoms with van der Waals surface area (Å²) in [6.07, 6.45) is 3.25. The Hall–Kier alpha value is -2.88. The van der Waals surface area contributed by atoms with Crippen molar-refractivity contribution in [3.8, 4) is 0 Å². The molecule has 1 aromatic carbocycles. The number of amides is 1. The number of nitro groups is 1. The Morgan fingerprint density at radius 2 is 2.12 bits per heavy atom. The molecule has 0 saturated carbocycles. The van der Waals surface area contributed by atoms with Crippen molar-refractivity contribution in [1.29, 1.82) is 0 Å². The third kappa shape index (κ3) is 4.60. The van der Waals surface area contributed by atoms with E-state index in [0.29, 0.717) is 10.7 Å². The van der Waals surface area contributed by atoms with Crippen LogP contribution >= 0.6 is 11.8 Å². The van der Waals surface area contributed by atoms with Gasteiger partial charge in [-0.05, 0) is 32.2 Å². The van der Waals surface area contributed by atoms with Crippen molar-refractivity contribution in [1.82, 2.24) is 9.78 Å². The van der Waals surface area contributed by atoms with Crippen LogP contribution in [0.4, 0.5) is 11.5 Å². The van der Waals surface area contributed by atoms with Gasteiger partial charge in [0.15, 0.2) is 6.61 Å². The molecule has 0 spiro atoms. The molecule has 10 heteroatoms. The minimum Gasteiger partial charge on any atom is -0.452 e. The second-order valence-electron chi connectivity index (χ2n) is 5.52. The van der Waals surface area contributed by atoms with Gasteiger partial charge in [0.2, 0.25) is 0 Å². The van der Waals surface area contributed by atoms with Crippen LogP contribution in [0, 0.1) is 10.1 Å². The zero-order valence-electron chi connectivity index (χ0n) is 14.5. The van der Waals surface area contributed by atoms with Crippen LogP contribution in [0.1, 0.15) is 30.2 Å². The Labute approximate surface area is 153 Å². The molecule has 0 aliphatic heterocycles. The number of nitro benzene ring substituents is 1. The number of rotatable bonds is 7. The number of anilines is 1. The number of hydrogen-bond acceptors (Lipinski definition) is 7. The highest BCUT2D eigenvalue weighted by Crippen LogP contribution is 2.28. The Morgan fingerprint density at radius 3 is 2.73 bits per heavy atom. The summed E-state index contributed by atoms with van der Waals surface area (Å²) in [4.78, 5) is 34.9. The summed E-state index contributed by atoms with van der Waals surface area (Å²) in [6.45, 7) is 3.31. The second kappa shape index (κ2) is 8.48. The molecule has 26 heavy (non-hydrogen) atoms. The summed E-state index contributed by atoms with van der Waals surface area (Å²) in [5.41, 5.74) is -0.174. The lowest BCUT2D eigenvalue weighted by atomic mass is 10.2. The average molecular weight is 378 g/mol. The molecule has 9 nitrogen and oxygen atoms in total. The SMILES string of the molecule is CSc1ccc(C(=O)OCC(=O)Nc2ccnn2C(C)C)cc1[N+](=O)[O-]. The fourth-order valence-electron chi connectivity index (χ4n) is 2.18. The minimum absolute atomic E-state index is 0.00882. The third-order valence-corrected chi connectivity index (χ3v) is 4.16. The molecule has 1 amide bonds. The first kappa shape index (κ1) is 19.4. The van der Waals surface area contributed by atoms with Gasteiger partial charge in [0, 0.05) is 18.2 Å². The molecule has 0 aliphatic carbocycles. The van der Waals surface area contributed by atoms with E-state index in [4.69, 9.17) is 4.74 Å². The number of nitrogens with one attached hydrogen (secondary N) is 1. The van der Waals surface area contributed by atoms with Crippen molar-refractivity contribution in [2.45, 2.75) is 24.8 Å². The molecule has 0 bridgehead atoms. The smallest absolute Gasteiger partial charge is 0.338 e. The summed E-state index contributed by atoms with van der Waals surface area (Å²) in [7, 11) is 0. The van der Waals surface area contributed by atoms with Gasteiger partial charge in [0.1, 0.15) is 5.82 Å². The quantitative estimate of drug-likeness (QED) is 0.341. The number of carbonyl (C=O) groups is 2. The maximum atomic E-state index is 12.1. The van der Waals surface area contributed by atoms with Crippen molar-refractivity contribution < 1.29 is 19.2 Å². The lowest BCUT2D eigenvalue weighted by Crippen LogP contribution is -2.23. The molecule has 0 atom stereocenters. The molecule has 1 aromatic heterocycles. The number of carbonyl (C=O) groups excluding carboxylic acids is 2. The van der Waals surface area contributed by atoms with E-state index in [1.165, 1.54) is 23.9 Å². The van der Waals surface area contributed by atoms with Crippen LogP contribution in [0.2, 0.25) is 0 Å². The Bertz CT molecular complexity index is 834. The number of benzene rings is 1. The fourth-order valence-corrected chi connectivity index (χ4v) is 2.72. The molecule has 1 N–H and O–H groups in total. The Kier molecular flexibility index (Phi) is 6.34. The molecule has 0 unspecified atom stereocenters. The molecule has 0 fully saturated rings. The summed E-state index contributed by atoms with van der Waals surface area (Å²) < 4.78 is 6.55. The number of ether oxygens (including phenoxy) is 1. The summed E-state index contributed by atoms with van der Waals surface area (Å²) in [5.74, 6) is -0.856. The van der Waals surface area contributed by atoms with E-state index in [9.17, 15) is 19.7 Å². The predicted molar refractivity (Wildman–Crippen MR) is 96.4 cm³/mol. The van der Waals surface area contributed by atoms with Gasteiger partial charge < -0.3 is 10.1 Å². The summed E-state index contributed by atoms with van der Waals surface area (Å²) in [5, 5.41) is 17.7. The van der Waals surface area contributed by atoms with E-state index >= 15 is 0 Å². The Balaban J connectivity index is 2.00. The van der Waals surface area contributed by atoms with Gasteiger partial charge >= 0.3 is 5.97 Å². The highest BCUT2D eigenvalue weighted by atomic mass is 32.2. The first-order valence-electron chi connectivity index (χ1n) is 7.66. The van der Waals surface area contributed by atoms with Gasteiger partial charge in [-0.25, -0.2) is 9.48 Å². The van der Waals surface area contributed by atoms with Gasteiger partial charge in [0.25, 0.3) is 11.6 Å². The molecule has 2 rings (SSSR count). The van der Waals surface area contributed by atoms with Crippen molar-refractivity contribution in [3.63, 3.8) is 0 Å². The van der Waals surface area contributed by atoms with Crippen molar-refractivity contribution in [2.24, 2.45) is 0 Å². The van der Waals surface area contributed by atoms with E-state index < -0.39 is 23.4 Å². The van der Waals surface area contributed by atoms with Crippen LogP contribution in [0.25, 0.3) is 0 Å². The number of hydrogen-bond donors (Lipinski definition) is 1. The zero-order chi connectivity index (χ0) is 19.3. The number of aromatic nitrogens is 2. The second-order valence-corrected chi connectivity index (χ2v) is 6.37. The normalized spacial score (nSPS) is 10.6. The maximum Gasteiger partial charge on any atom is 0.338 e. The molecule has 2 aromatic rings. The van der Waals surface area contributed by atoms with Crippen molar-refractivity contribution >= 4 is 35.1 Å². The molecule has 0 aliphatic rings. The van der Waals surface area contributed by atoms with E-state index in [1.807, 2.05) is 13.8 Å². The molecular formula is C16H18N4O5S. The molecule has 138 valence electrons. The largest absolute Gasteiger partial charge is 0.452 e. The topological polar surface area (TPSA) is 116 Å². The first-order valence-corrected chi connectivity index (χ1v) is 8.89. The molecule has 0 saturated heterocycles. The van der Waals surface area contributed by atoms with Gasteiger partial charge in [-0.15, -0.1) is 11.8 Å². The first-order chi connectivity index (χ1) is 12.3. The van der Waals surface area contributed by atoms with Gasteiger partial charge in [-0.3, -0.25) is 14.9 Å². The van der Waals surface area contributed by atoms with Crippen molar-refractivity contribution in [2.75, 3.05) is 18.2 Å². The predicted octanol–water partition coefficient (Wildman–Crippen LogP) is 2.89. The summed E-state index contributed by atoms with van der Waals surface area (Å²) in [6, 6.07) is 5.72. The number of esters is 1. The monoisotopic (exact) mass is 378 g/mol. The van der Waals surface area contributed by atoms with Crippen LogP contribution in [0.3, 0.4) is 0 Å². The lowest BCUT2D eigenvalue weighted by molar-refractivity contribution is -0.387. The standard InChI is InChI=1S/C16H18N4O5S/c1-10(2)19-14(6-7-17-19)18-15(21)9-25-16(22)11-4-5-13(26-3)12(8-11)20(23)24/h4-8,10H,9H2,1-3H3,(H,18,21). The number of thioether (sulfide) groups is 1.